The van der Waals surface area contributed by atoms with Crippen molar-refractivity contribution < 1.29 is 5.21 Å². The van der Waals surface area contributed by atoms with Crippen LogP contribution in [0.15, 0.2) is 65.9 Å². The smallest absolute Gasteiger partial charge is 0.130 e. The predicted octanol–water partition coefficient (Wildman–Crippen LogP) is 4.08. The fraction of sp³-hybridized carbons (Fsp3) is 0.0526. The van der Waals surface area contributed by atoms with Crippen molar-refractivity contribution in [2.75, 3.05) is 5.32 Å². The average Bonchev–Trinajstić information content (AvgIpc) is 2.68. The summed E-state index contributed by atoms with van der Waals surface area (Å²) >= 11 is 0. The van der Waals surface area contributed by atoms with Crippen LogP contribution >= 0.6 is 0 Å². The van der Waals surface area contributed by atoms with Gasteiger partial charge < -0.3 is 15.9 Å². The van der Waals surface area contributed by atoms with Crippen LogP contribution in [0, 0.1) is 5.41 Å². The summed E-state index contributed by atoms with van der Waals surface area (Å²) in [4.78, 5) is 8.78. The molecular weight excluding hydrogens is 314 g/mol. The molecule has 0 radical (unpaired) electrons. The van der Waals surface area contributed by atoms with Gasteiger partial charge in [-0.2, -0.15) is 0 Å². The van der Waals surface area contributed by atoms with E-state index in [1.807, 2.05) is 48.5 Å². The SMILES string of the molecule is C/C(=N\O)c1cccc(-c2ccc(C=N)c(Nc3ccccn3)c2)n1. The predicted molar refractivity (Wildman–Crippen MR) is 99.1 cm³/mol. The molecule has 0 saturated heterocycles. The number of aromatic nitrogens is 2. The summed E-state index contributed by atoms with van der Waals surface area (Å²) in [7, 11) is 0. The highest BCUT2D eigenvalue weighted by Crippen LogP contribution is 2.26. The van der Waals surface area contributed by atoms with Crippen molar-refractivity contribution in [2.45, 2.75) is 6.92 Å². The summed E-state index contributed by atoms with van der Waals surface area (Å²) in [5.41, 5.74) is 4.21. The second kappa shape index (κ2) is 7.35. The zero-order valence-corrected chi connectivity index (χ0v) is 13.6. The Morgan fingerprint density at radius 2 is 2.04 bits per heavy atom. The van der Waals surface area contributed by atoms with Gasteiger partial charge >= 0.3 is 0 Å². The number of anilines is 2. The third kappa shape index (κ3) is 3.69. The van der Waals surface area contributed by atoms with E-state index in [2.05, 4.69) is 20.4 Å². The largest absolute Gasteiger partial charge is 0.411 e. The van der Waals surface area contributed by atoms with E-state index in [0.717, 1.165) is 22.5 Å². The number of hydrogen-bond donors (Lipinski definition) is 3. The number of nitrogens with zero attached hydrogens (tertiary/aromatic N) is 3. The number of rotatable bonds is 5. The van der Waals surface area contributed by atoms with Crippen LogP contribution in [0.2, 0.25) is 0 Å². The van der Waals surface area contributed by atoms with Gasteiger partial charge in [-0.1, -0.05) is 29.4 Å². The second-order valence-corrected chi connectivity index (χ2v) is 5.38. The zero-order chi connectivity index (χ0) is 17.6. The van der Waals surface area contributed by atoms with Crippen molar-refractivity contribution in [3.8, 4) is 11.3 Å². The van der Waals surface area contributed by atoms with Crippen LogP contribution < -0.4 is 5.32 Å². The lowest BCUT2D eigenvalue weighted by Crippen LogP contribution is -2.00. The van der Waals surface area contributed by atoms with Gasteiger partial charge in [0, 0.05) is 29.2 Å². The lowest BCUT2D eigenvalue weighted by atomic mass is 10.1. The first-order valence-electron chi connectivity index (χ1n) is 7.70. The first-order chi connectivity index (χ1) is 12.2. The lowest BCUT2D eigenvalue weighted by Gasteiger charge is -2.11. The fourth-order valence-corrected chi connectivity index (χ4v) is 2.37. The molecule has 0 unspecified atom stereocenters. The zero-order valence-electron chi connectivity index (χ0n) is 13.6. The van der Waals surface area contributed by atoms with Crippen LogP contribution in [-0.2, 0) is 0 Å². The normalized spacial score (nSPS) is 11.2. The maximum Gasteiger partial charge on any atom is 0.130 e. The molecule has 1 aromatic carbocycles. The minimum atomic E-state index is 0.449. The van der Waals surface area contributed by atoms with E-state index in [4.69, 9.17) is 10.6 Å². The van der Waals surface area contributed by atoms with Crippen LogP contribution in [0.3, 0.4) is 0 Å². The Hall–Kier alpha value is -3.54. The number of nitrogens with one attached hydrogen (secondary N) is 2. The average molecular weight is 331 g/mol. The Balaban J connectivity index is 2.01. The highest BCUT2D eigenvalue weighted by atomic mass is 16.4. The van der Waals surface area contributed by atoms with E-state index in [1.165, 1.54) is 6.21 Å². The van der Waals surface area contributed by atoms with Gasteiger partial charge in [0.2, 0.25) is 0 Å². The van der Waals surface area contributed by atoms with Crippen LogP contribution in [0.5, 0.6) is 0 Å². The van der Waals surface area contributed by atoms with Crippen LogP contribution in [-0.4, -0.2) is 27.1 Å². The van der Waals surface area contributed by atoms with Crippen molar-refractivity contribution >= 4 is 23.4 Å². The number of oxime groups is 1. The summed E-state index contributed by atoms with van der Waals surface area (Å²) in [6, 6.07) is 16.8. The number of pyridine rings is 2. The van der Waals surface area contributed by atoms with Crippen molar-refractivity contribution in [1.29, 1.82) is 5.41 Å². The molecule has 3 aromatic rings. The molecule has 0 spiro atoms. The minimum Gasteiger partial charge on any atom is -0.411 e. The maximum absolute atomic E-state index is 8.93. The van der Waals surface area contributed by atoms with E-state index >= 15 is 0 Å². The van der Waals surface area contributed by atoms with Gasteiger partial charge in [-0.3, -0.25) is 0 Å². The van der Waals surface area contributed by atoms with E-state index in [1.54, 1.807) is 19.2 Å². The van der Waals surface area contributed by atoms with Gasteiger partial charge in [-0.05, 0) is 37.3 Å². The molecule has 0 aliphatic heterocycles. The van der Waals surface area contributed by atoms with Gasteiger partial charge in [0.15, 0.2) is 0 Å². The molecule has 6 heteroatoms. The molecule has 6 nitrogen and oxygen atoms in total. The highest BCUT2D eigenvalue weighted by Gasteiger charge is 2.08. The van der Waals surface area contributed by atoms with Gasteiger partial charge in [0.25, 0.3) is 0 Å². The standard InChI is InChI=1S/C19H17N5O/c1-13(24-25)16-5-4-6-17(22-16)14-8-9-15(12-20)18(11-14)23-19-7-2-3-10-21-19/h2-12,20,25H,1H3,(H,21,23)/b20-12?,24-13+. The van der Waals surface area contributed by atoms with Gasteiger partial charge in [-0.15, -0.1) is 0 Å². The molecule has 3 N–H and O–H groups in total. The third-order valence-corrected chi connectivity index (χ3v) is 3.70. The molecule has 0 aliphatic carbocycles. The monoisotopic (exact) mass is 331 g/mol. The summed E-state index contributed by atoms with van der Waals surface area (Å²) in [5, 5.41) is 23.0. The molecule has 0 fully saturated rings. The highest BCUT2D eigenvalue weighted by molar-refractivity contribution is 5.97. The lowest BCUT2D eigenvalue weighted by molar-refractivity contribution is 0.319. The molecule has 3 rings (SSSR count). The molecule has 0 amide bonds. The molecule has 0 aliphatic rings. The van der Waals surface area contributed by atoms with Crippen molar-refractivity contribution in [3.63, 3.8) is 0 Å². The minimum absolute atomic E-state index is 0.449. The Morgan fingerprint density at radius 3 is 2.76 bits per heavy atom. The summed E-state index contributed by atoms with van der Waals surface area (Å²) in [5.74, 6) is 0.702. The molecular formula is C19H17N5O. The van der Waals surface area contributed by atoms with E-state index < -0.39 is 0 Å². The molecule has 0 saturated carbocycles. The summed E-state index contributed by atoms with van der Waals surface area (Å²) < 4.78 is 0. The molecule has 2 heterocycles. The van der Waals surface area contributed by atoms with Gasteiger partial charge in [-0.25, -0.2) is 9.97 Å². The Bertz CT molecular complexity index is 922. The quantitative estimate of drug-likeness (QED) is 0.373. The summed E-state index contributed by atoms with van der Waals surface area (Å²) in [6.45, 7) is 1.69. The maximum atomic E-state index is 8.93. The number of benzene rings is 1. The molecule has 2 aromatic heterocycles. The Kier molecular flexibility index (Phi) is 4.80. The molecule has 0 bridgehead atoms. The topological polar surface area (TPSA) is 94.2 Å². The summed E-state index contributed by atoms with van der Waals surface area (Å²) in [6.07, 6.45) is 3.00. The van der Waals surface area contributed by atoms with Gasteiger partial charge in [0.05, 0.1) is 11.4 Å². The first kappa shape index (κ1) is 16.3. The molecule has 0 atom stereocenters. The van der Waals surface area contributed by atoms with Crippen LogP contribution in [0.25, 0.3) is 11.3 Å². The van der Waals surface area contributed by atoms with Crippen LogP contribution in [0.4, 0.5) is 11.5 Å². The van der Waals surface area contributed by atoms with Crippen LogP contribution in [0.1, 0.15) is 18.2 Å². The van der Waals surface area contributed by atoms with Crippen molar-refractivity contribution in [3.05, 3.63) is 72.1 Å². The molecule has 124 valence electrons. The van der Waals surface area contributed by atoms with Crippen molar-refractivity contribution in [1.82, 2.24) is 9.97 Å². The van der Waals surface area contributed by atoms with E-state index in [9.17, 15) is 0 Å². The molecule has 25 heavy (non-hydrogen) atoms. The second-order valence-electron chi connectivity index (χ2n) is 5.38. The fourth-order valence-electron chi connectivity index (χ4n) is 2.37. The number of hydrogen-bond acceptors (Lipinski definition) is 6. The Morgan fingerprint density at radius 1 is 1.16 bits per heavy atom. The van der Waals surface area contributed by atoms with Gasteiger partial charge in [0.1, 0.15) is 11.5 Å². The van der Waals surface area contributed by atoms with E-state index in [0.29, 0.717) is 17.2 Å². The first-order valence-corrected chi connectivity index (χ1v) is 7.70. The third-order valence-electron chi connectivity index (χ3n) is 3.70. The van der Waals surface area contributed by atoms with E-state index in [-0.39, 0.29) is 0 Å². The Labute approximate surface area is 145 Å². The van der Waals surface area contributed by atoms with Crippen molar-refractivity contribution in [2.24, 2.45) is 5.16 Å².